The zero-order valence-corrected chi connectivity index (χ0v) is 17.8. The summed E-state index contributed by atoms with van der Waals surface area (Å²) in [5.74, 6) is -0.878. The molecule has 8 nitrogen and oxygen atoms in total. The molecule has 1 aliphatic carbocycles. The van der Waals surface area contributed by atoms with Crippen molar-refractivity contribution in [3.8, 4) is 0 Å². The van der Waals surface area contributed by atoms with Gasteiger partial charge >= 0.3 is 5.97 Å². The molecular formula is C21H24FN5O3S. The molecule has 10 heteroatoms. The van der Waals surface area contributed by atoms with Crippen LogP contribution in [0, 0.1) is 11.7 Å². The molecule has 164 valence electrons. The summed E-state index contributed by atoms with van der Waals surface area (Å²) >= 11 is 4.67. The van der Waals surface area contributed by atoms with Gasteiger partial charge in [-0.3, -0.25) is 14.5 Å². The summed E-state index contributed by atoms with van der Waals surface area (Å²) in [6.07, 6.45) is 4.10. The predicted molar refractivity (Wildman–Crippen MR) is 114 cm³/mol. The molecule has 2 aliphatic rings. The molecule has 31 heavy (non-hydrogen) atoms. The van der Waals surface area contributed by atoms with Crippen LogP contribution in [0.15, 0.2) is 29.8 Å². The smallest absolute Gasteiger partial charge is 0.305 e. The van der Waals surface area contributed by atoms with E-state index in [2.05, 4.69) is 28.0 Å². The van der Waals surface area contributed by atoms with Crippen LogP contribution >= 0.6 is 12.6 Å². The molecule has 2 heterocycles. The van der Waals surface area contributed by atoms with E-state index in [9.17, 15) is 14.0 Å². The number of carboxylic acids is 1. The van der Waals surface area contributed by atoms with Gasteiger partial charge in [0, 0.05) is 29.8 Å². The van der Waals surface area contributed by atoms with Gasteiger partial charge in [0.05, 0.1) is 19.0 Å². The van der Waals surface area contributed by atoms with Crippen molar-refractivity contribution in [2.45, 2.75) is 43.5 Å². The first-order valence-electron chi connectivity index (χ1n) is 10.3. The number of carbonyl (C=O) groups is 2. The molecule has 1 aromatic carbocycles. The van der Waals surface area contributed by atoms with Crippen LogP contribution in [0.4, 0.5) is 4.39 Å². The van der Waals surface area contributed by atoms with Crippen LogP contribution in [0.3, 0.4) is 0 Å². The molecule has 0 radical (unpaired) electrons. The van der Waals surface area contributed by atoms with Crippen molar-refractivity contribution in [1.29, 1.82) is 0 Å². The summed E-state index contributed by atoms with van der Waals surface area (Å²) in [7, 11) is 0. The number of benzene rings is 1. The molecule has 2 aromatic rings. The lowest BCUT2D eigenvalue weighted by atomic mass is 9.93. The predicted octanol–water partition coefficient (Wildman–Crippen LogP) is 2.39. The number of aliphatic carboxylic acids is 1. The van der Waals surface area contributed by atoms with Gasteiger partial charge in [-0.05, 0) is 42.2 Å². The maximum absolute atomic E-state index is 14.6. The average Bonchev–Trinajstić information content (AvgIpc) is 3.50. The van der Waals surface area contributed by atoms with Crippen LogP contribution in [-0.4, -0.2) is 60.3 Å². The lowest BCUT2D eigenvalue weighted by molar-refractivity contribution is -0.137. The van der Waals surface area contributed by atoms with Gasteiger partial charge in [-0.2, -0.15) is 17.4 Å². The van der Waals surface area contributed by atoms with Crippen molar-refractivity contribution in [3.63, 3.8) is 0 Å². The van der Waals surface area contributed by atoms with E-state index >= 15 is 0 Å². The molecule has 4 rings (SSSR count). The molecule has 1 aromatic heterocycles. The van der Waals surface area contributed by atoms with E-state index < -0.39 is 12.0 Å². The van der Waals surface area contributed by atoms with E-state index in [1.807, 2.05) is 4.90 Å². The second-order valence-electron chi connectivity index (χ2n) is 7.98. The first-order valence-corrected chi connectivity index (χ1v) is 10.8. The van der Waals surface area contributed by atoms with Gasteiger partial charge in [-0.1, -0.05) is 18.2 Å². The number of tetrazole rings is 1. The number of piperidine rings is 1. The number of halogens is 1. The van der Waals surface area contributed by atoms with E-state index in [0.717, 1.165) is 18.4 Å². The number of aromatic nitrogens is 4. The molecule has 0 amide bonds. The highest BCUT2D eigenvalue weighted by molar-refractivity contribution is 7.81. The minimum absolute atomic E-state index is 0.00145. The third kappa shape index (κ3) is 5.19. The number of ketones is 1. The number of aryl methyl sites for hydroxylation is 1. The van der Waals surface area contributed by atoms with Crippen LogP contribution in [-0.2, 0) is 16.1 Å². The third-order valence-corrected chi connectivity index (χ3v) is 6.22. The lowest BCUT2D eigenvalue weighted by Gasteiger charge is -2.37. The molecule has 1 N–H and O–H groups in total. The summed E-state index contributed by atoms with van der Waals surface area (Å²) in [5.41, 5.74) is 1.33. The highest BCUT2D eigenvalue weighted by Gasteiger charge is 2.40. The van der Waals surface area contributed by atoms with Crippen molar-refractivity contribution < 1.29 is 19.1 Å². The molecule has 2 fully saturated rings. The number of rotatable bonds is 8. The fraction of sp³-hybridized carbons (Fsp3) is 0.476. The van der Waals surface area contributed by atoms with Crippen molar-refractivity contribution in [1.82, 2.24) is 25.1 Å². The SMILES string of the molecule is O=C(O)CCn1nnc(/C=C2\CN(C(C(=O)C3CC3)c3ccccc3F)CCC2S)n1. The average molecular weight is 446 g/mol. The summed E-state index contributed by atoms with van der Waals surface area (Å²) in [6.45, 7) is 1.20. The molecule has 2 unspecified atom stereocenters. The molecule has 0 spiro atoms. The zero-order valence-electron chi connectivity index (χ0n) is 16.9. The number of thiol groups is 1. The molecule has 1 saturated carbocycles. The Hall–Kier alpha value is -2.59. The number of nitrogens with zero attached hydrogens (tertiary/aromatic N) is 5. The van der Waals surface area contributed by atoms with Crippen LogP contribution in [0.2, 0.25) is 0 Å². The normalized spacial score (nSPS) is 21.9. The molecule has 2 atom stereocenters. The van der Waals surface area contributed by atoms with E-state index in [-0.39, 0.29) is 35.7 Å². The van der Waals surface area contributed by atoms with Gasteiger partial charge < -0.3 is 5.11 Å². The number of carbonyl (C=O) groups excluding carboxylic acids is 1. The van der Waals surface area contributed by atoms with Gasteiger partial charge in [0.25, 0.3) is 0 Å². The fourth-order valence-electron chi connectivity index (χ4n) is 3.84. The second-order valence-corrected chi connectivity index (χ2v) is 8.61. The number of carboxylic acid groups (broad SMARTS) is 1. The Morgan fingerprint density at radius 3 is 2.77 bits per heavy atom. The van der Waals surface area contributed by atoms with Gasteiger partial charge in [-0.15, -0.1) is 10.2 Å². The highest BCUT2D eigenvalue weighted by Crippen LogP contribution is 2.39. The molecule has 0 bridgehead atoms. The zero-order chi connectivity index (χ0) is 22.0. The number of likely N-dealkylation sites (tertiary alicyclic amines) is 1. The second kappa shape index (κ2) is 9.27. The minimum Gasteiger partial charge on any atom is -0.481 e. The number of hydrogen-bond acceptors (Lipinski definition) is 7. The fourth-order valence-corrected chi connectivity index (χ4v) is 4.11. The third-order valence-electron chi connectivity index (χ3n) is 5.63. The van der Waals surface area contributed by atoms with Crippen molar-refractivity contribution in [3.05, 3.63) is 47.0 Å². The minimum atomic E-state index is -0.935. The Morgan fingerprint density at radius 2 is 2.06 bits per heavy atom. The van der Waals surface area contributed by atoms with Gasteiger partial charge in [-0.25, -0.2) is 4.39 Å². The van der Waals surface area contributed by atoms with E-state index in [4.69, 9.17) is 5.11 Å². The van der Waals surface area contributed by atoms with Crippen LogP contribution in [0.1, 0.15) is 43.1 Å². The largest absolute Gasteiger partial charge is 0.481 e. The first-order chi connectivity index (χ1) is 14.9. The highest BCUT2D eigenvalue weighted by atomic mass is 32.1. The van der Waals surface area contributed by atoms with Crippen molar-refractivity contribution >= 4 is 30.5 Å². The summed E-state index contributed by atoms with van der Waals surface area (Å²) < 4.78 is 14.6. The Morgan fingerprint density at radius 1 is 1.29 bits per heavy atom. The monoisotopic (exact) mass is 445 g/mol. The van der Waals surface area contributed by atoms with E-state index in [0.29, 0.717) is 30.9 Å². The topological polar surface area (TPSA) is 101 Å². The van der Waals surface area contributed by atoms with E-state index in [1.165, 1.54) is 10.9 Å². The standard InChI is InChI=1S/C21H24FN5O3S/c22-16-4-2-1-3-15(16)20(21(30)13-5-6-13)26-9-7-17(31)14(12-26)11-18-23-25-27(24-18)10-8-19(28)29/h1-4,11,13,17,20,31H,5-10,12H2,(H,28,29)/b14-11+. The van der Waals surface area contributed by atoms with Gasteiger partial charge in [0.1, 0.15) is 5.82 Å². The van der Waals surface area contributed by atoms with Crippen molar-refractivity contribution in [2.24, 2.45) is 5.92 Å². The summed E-state index contributed by atoms with van der Waals surface area (Å²) in [5, 5.41) is 20.8. The Bertz CT molecular complexity index is 1010. The Balaban J connectivity index is 1.56. The van der Waals surface area contributed by atoms with Crippen LogP contribution < -0.4 is 0 Å². The van der Waals surface area contributed by atoms with Crippen LogP contribution in [0.5, 0.6) is 0 Å². The first kappa shape index (κ1) is 21.6. The molecule has 1 aliphatic heterocycles. The van der Waals surface area contributed by atoms with E-state index in [1.54, 1.807) is 24.3 Å². The van der Waals surface area contributed by atoms with Gasteiger partial charge in [0.15, 0.2) is 11.6 Å². The maximum Gasteiger partial charge on any atom is 0.305 e. The molecule has 1 saturated heterocycles. The Kier molecular flexibility index (Phi) is 6.47. The molecular weight excluding hydrogens is 421 g/mol. The quantitative estimate of drug-likeness (QED) is 0.602. The van der Waals surface area contributed by atoms with Crippen molar-refractivity contribution in [2.75, 3.05) is 13.1 Å². The summed E-state index contributed by atoms with van der Waals surface area (Å²) in [6, 6.07) is 5.84. The summed E-state index contributed by atoms with van der Waals surface area (Å²) in [4.78, 5) is 27.1. The number of hydrogen-bond donors (Lipinski definition) is 2. The lowest BCUT2D eigenvalue weighted by Crippen LogP contribution is -2.42. The Labute approximate surface area is 184 Å². The van der Waals surface area contributed by atoms with Gasteiger partial charge in [0.2, 0.25) is 0 Å². The van der Waals surface area contributed by atoms with Crippen LogP contribution in [0.25, 0.3) is 6.08 Å². The maximum atomic E-state index is 14.6. The number of Topliss-reactive ketones (excluding diaryl/α,β-unsaturated/α-hetero) is 1.